The van der Waals surface area contributed by atoms with Crippen LogP contribution in [0.5, 0.6) is 0 Å². The molecule has 0 bridgehead atoms. The minimum Gasteiger partial charge on any atom is -0.322 e. The zero-order chi connectivity index (χ0) is 15.6. The predicted octanol–water partition coefficient (Wildman–Crippen LogP) is 3.57. The Balaban J connectivity index is 2.26. The van der Waals surface area contributed by atoms with E-state index in [0.29, 0.717) is 5.69 Å². The number of nitrogens with two attached hydrogens (primary N) is 1. The third-order valence-corrected chi connectivity index (χ3v) is 3.73. The molecule has 110 valence electrons. The molecule has 0 saturated heterocycles. The van der Waals surface area contributed by atoms with Crippen LogP contribution >= 0.6 is 15.9 Å². The van der Waals surface area contributed by atoms with Crippen molar-refractivity contribution in [1.29, 1.82) is 0 Å². The van der Waals surface area contributed by atoms with Crippen molar-refractivity contribution in [3.05, 3.63) is 57.6 Å². The van der Waals surface area contributed by atoms with Crippen LogP contribution in [0.25, 0.3) is 0 Å². The molecule has 0 radical (unpaired) electrons. The molecule has 0 aliphatic carbocycles. The Kier molecular flexibility index (Phi) is 4.54. The quantitative estimate of drug-likeness (QED) is 0.582. The fourth-order valence-corrected chi connectivity index (χ4v) is 2.09. The summed E-state index contributed by atoms with van der Waals surface area (Å²) >= 11 is 3.34. The number of carbonyl (C=O) groups excluding carboxylic acids is 1. The number of nitrogens with one attached hydrogen (secondary N) is 2. The van der Waals surface area contributed by atoms with Gasteiger partial charge in [-0.3, -0.25) is 10.6 Å². The van der Waals surface area contributed by atoms with Crippen LogP contribution < -0.4 is 16.6 Å². The maximum atomic E-state index is 13.6. The van der Waals surface area contributed by atoms with Crippen molar-refractivity contribution in [2.45, 2.75) is 6.92 Å². The highest BCUT2D eigenvalue weighted by Gasteiger charge is 2.15. The van der Waals surface area contributed by atoms with E-state index >= 15 is 0 Å². The van der Waals surface area contributed by atoms with Crippen molar-refractivity contribution in [1.82, 2.24) is 0 Å². The molecule has 2 aromatic carbocycles. The lowest BCUT2D eigenvalue weighted by atomic mass is 10.1. The summed E-state index contributed by atoms with van der Waals surface area (Å²) < 4.78 is 27.9. The number of hydrogen-bond donors (Lipinski definition) is 3. The van der Waals surface area contributed by atoms with Gasteiger partial charge in [0.15, 0.2) is 11.6 Å². The third-order valence-electron chi connectivity index (χ3n) is 2.88. The minimum atomic E-state index is -0.937. The van der Waals surface area contributed by atoms with E-state index in [4.69, 9.17) is 5.84 Å². The van der Waals surface area contributed by atoms with Gasteiger partial charge in [-0.15, -0.1) is 0 Å². The molecule has 0 unspecified atom stereocenters. The Hall–Kier alpha value is -1.99. The Morgan fingerprint density at radius 1 is 1.19 bits per heavy atom. The molecule has 21 heavy (non-hydrogen) atoms. The highest BCUT2D eigenvalue weighted by Crippen LogP contribution is 2.23. The number of amides is 1. The lowest BCUT2D eigenvalue weighted by Crippen LogP contribution is -2.15. The number of rotatable bonds is 3. The number of hydrazine groups is 1. The van der Waals surface area contributed by atoms with E-state index in [1.54, 1.807) is 12.1 Å². The second-order valence-corrected chi connectivity index (χ2v) is 5.23. The van der Waals surface area contributed by atoms with Crippen LogP contribution in [0.15, 0.2) is 34.8 Å². The van der Waals surface area contributed by atoms with Gasteiger partial charge >= 0.3 is 0 Å². The zero-order valence-corrected chi connectivity index (χ0v) is 12.6. The molecular formula is C14H12BrF2N3O. The fraction of sp³-hybridized carbons (Fsp3) is 0.0714. The van der Waals surface area contributed by atoms with E-state index in [1.165, 1.54) is 0 Å². The number of nitrogen functional groups attached to an aromatic ring is 1. The summed E-state index contributed by atoms with van der Waals surface area (Å²) in [5.74, 6) is 2.50. The Morgan fingerprint density at radius 3 is 2.33 bits per heavy atom. The van der Waals surface area contributed by atoms with Gasteiger partial charge in [0.25, 0.3) is 5.91 Å². The molecule has 4 N–H and O–H groups in total. The highest BCUT2D eigenvalue weighted by atomic mass is 79.9. The lowest BCUT2D eigenvalue weighted by molar-refractivity contribution is 0.102. The average molecular weight is 356 g/mol. The van der Waals surface area contributed by atoms with Crippen LogP contribution in [0.2, 0.25) is 0 Å². The van der Waals surface area contributed by atoms with Crippen LogP contribution in [0, 0.1) is 18.6 Å². The van der Waals surface area contributed by atoms with Crippen LogP contribution in [-0.4, -0.2) is 5.91 Å². The van der Waals surface area contributed by atoms with E-state index < -0.39 is 23.2 Å². The molecule has 0 aliphatic rings. The van der Waals surface area contributed by atoms with Crippen molar-refractivity contribution in [2.24, 2.45) is 5.84 Å². The Labute approximate surface area is 128 Å². The first-order valence-electron chi connectivity index (χ1n) is 5.95. The summed E-state index contributed by atoms with van der Waals surface area (Å²) in [6, 6.07) is 7.03. The SMILES string of the molecule is Cc1ccc(NC(=O)c2cc(F)c(NN)c(F)c2)cc1Br. The fourth-order valence-electron chi connectivity index (χ4n) is 1.72. The maximum absolute atomic E-state index is 13.6. The van der Waals surface area contributed by atoms with Crippen molar-refractivity contribution >= 4 is 33.2 Å². The van der Waals surface area contributed by atoms with Crippen molar-refractivity contribution in [3.8, 4) is 0 Å². The second-order valence-electron chi connectivity index (χ2n) is 4.38. The van der Waals surface area contributed by atoms with Crippen LogP contribution in [0.1, 0.15) is 15.9 Å². The summed E-state index contributed by atoms with van der Waals surface area (Å²) in [6.07, 6.45) is 0. The molecule has 0 fully saturated rings. The second kappa shape index (κ2) is 6.19. The number of hydrogen-bond acceptors (Lipinski definition) is 3. The van der Waals surface area contributed by atoms with Gasteiger partial charge in [-0.1, -0.05) is 22.0 Å². The van der Waals surface area contributed by atoms with Gasteiger partial charge in [0.1, 0.15) is 5.69 Å². The highest BCUT2D eigenvalue weighted by molar-refractivity contribution is 9.10. The summed E-state index contributed by atoms with van der Waals surface area (Å²) in [5, 5.41) is 2.56. The lowest BCUT2D eigenvalue weighted by Gasteiger charge is -2.09. The zero-order valence-electron chi connectivity index (χ0n) is 11.0. The topological polar surface area (TPSA) is 67.2 Å². The normalized spacial score (nSPS) is 10.3. The summed E-state index contributed by atoms with van der Waals surface area (Å²) in [7, 11) is 0. The molecule has 0 aromatic heterocycles. The van der Waals surface area contributed by atoms with Crippen molar-refractivity contribution in [3.63, 3.8) is 0 Å². The molecule has 4 nitrogen and oxygen atoms in total. The molecule has 0 atom stereocenters. The summed E-state index contributed by atoms with van der Waals surface area (Å²) in [5.41, 5.74) is 2.80. The van der Waals surface area contributed by atoms with Crippen molar-refractivity contribution < 1.29 is 13.6 Å². The van der Waals surface area contributed by atoms with E-state index in [0.717, 1.165) is 22.2 Å². The van der Waals surface area contributed by atoms with Gasteiger partial charge in [0.2, 0.25) is 0 Å². The largest absolute Gasteiger partial charge is 0.322 e. The molecule has 2 rings (SSSR count). The molecule has 0 heterocycles. The molecule has 2 aromatic rings. The Morgan fingerprint density at radius 2 is 1.81 bits per heavy atom. The smallest absolute Gasteiger partial charge is 0.255 e. The van der Waals surface area contributed by atoms with E-state index in [2.05, 4.69) is 21.2 Å². The summed E-state index contributed by atoms with van der Waals surface area (Å²) in [6.45, 7) is 1.90. The van der Waals surface area contributed by atoms with Crippen molar-refractivity contribution in [2.75, 3.05) is 10.7 Å². The van der Waals surface area contributed by atoms with Gasteiger partial charge in [-0.25, -0.2) is 8.78 Å². The first-order valence-corrected chi connectivity index (χ1v) is 6.75. The van der Waals surface area contributed by atoms with Gasteiger partial charge in [-0.2, -0.15) is 0 Å². The molecule has 1 amide bonds. The van der Waals surface area contributed by atoms with Crippen LogP contribution in [0.3, 0.4) is 0 Å². The maximum Gasteiger partial charge on any atom is 0.255 e. The van der Waals surface area contributed by atoms with Gasteiger partial charge < -0.3 is 10.7 Å². The monoisotopic (exact) mass is 355 g/mol. The van der Waals surface area contributed by atoms with Crippen LogP contribution in [-0.2, 0) is 0 Å². The number of carbonyl (C=O) groups is 1. The van der Waals surface area contributed by atoms with E-state index in [9.17, 15) is 13.6 Å². The molecule has 0 aliphatic heterocycles. The van der Waals surface area contributed by atoms with Gasteiger partial charge in [-0.05, 0) is 36.8 Å². The number of halogens is 3. The van der Waals surface area contributed by atoms with Crippen LogP contribution in [0.4, 0.5) is 20.2 Å². The van der Waals surface area contributed by atoms with Gasteiger partial charge in [0, 0.05) is 15.7 Å². The average Bonchev–Trinajstić information content (AvgIpc) is 2.42. The number of benzene rings is 2. The number of aryl methyl sites for hydroxylation is 1. The third kappa shape index (κ3) is 3.37. The predicted molar refractivity (Wildman–Crippen MR) is 81.0 cm³/mol. The van der Waals surface area contributed by atoms with E-state index in [1.807, 2.05) is 18.4 Å². The minimum absolute atomic E-state index is 0.138. The molecule has 0 spiro atoms. The van der Waals surface area contributed by atoms with Gasteiger partial charge in [0.05, 0.1) is 0 Å². The first-order chi connectivity index (χ1) is 9.92. The number of anilines is 2. The molecule has 7 heteroatoms. The standard InChI is InChI=1S/C14H12BrF2N3O/c1-7-2-3-9(6-10(7)15)19-14(21)8-4-11(16)13(20-18)12(17)5-8/h2-6,20H,18H2,1H3,(H,19,21). The Bertz CT molecular complexity index is 684. The first kappa shape index (κ1) is 15.4. The van der Waals surface area contributed by atoms with E-state index in [-0.39, 0.29) is 5.56 Å². The summed E-state index contributed by atoms with van der Waals surface area (Å²) in [4.78, 5) is 12.0. The molecule has 0 saturated carbocycles. The molecular weight excluding hydrogens is 344 g/mol.